The number of ether oxygens (including phenoxy) is 11. The van der Waals surface area contributed by atoms with Gasteiger partial charge in [0.25, 0.3) is 0 Å². The molecule has 0 radical (unpaired) electrons. The van der Waals surface area contributed by atoms with Crippen LogP contribution in [0.15, 0.2) is 66.1 Å². The van der Waals surface area contributed by atoms with Crippen molar-refractivity contribution in [2.75, 3.05) is 147 Å². The molecule has 4 N–H and O–H groups in total. The van der Waals surface area contributed by atoms with Gasteiger partial charge in [0, 0.05) is 80.7 Å². The zero-order valence-electron chi connectivity index (χ0n) is 73.8. The number of amides is 2. The van der Waals surface area contributed by atoms with Crippen LogP contribution in [0.1, 0.15) is 177 Å². The molecule has 1 aliphatic heterocycles. The Kier molecular flexibility index (Phi) is 46.1. The first kappa shape index (κ1) is 103. The molecule has 40 heteroatoms. The molecule has 0 fully saturated rings. The SMILES string of the molecule is CCCCCCCCCCn1cc(COC(=O)C(C)CC(CC(CC(C)(CC(C)(CC)C(=O)NCC(C)O)C(=O)OCc2cn(CCOCCOCCOCCNS(=O)(=O)c3cccc(C4CN(C)Cc5c(Cl)cc(Cl)cc54)c3)nn2)C(=O)OCc2cn(CCOCCOCCOCCOC)nn2)C(=O)OCc2cn(CCNC(=O)CCN(C)C)nn2)nn1. The minimum Gasteiger partial charge on any atom is -0.459 e. The fraction of sp³-hybridized carbons (Fsp3) is 0.690. The summed E-state index contributed by atoms with van der Waals surface area (Å²) in [6, 6.07) is 10.5. The van der Waals surface area contributed by atoms with Crippen molar-refractivity contribution in [3.8, 4) is 0 Å². The third-order valence-electron chi connectivity index (χ3n) is 21.1. The number of methoxy groups -OCH3 is 1. The van der Waals surface area contributed by atoms with E-state index in [1.807, 2.05) is 38.2 Å². The highest BCUT2D eigenvalue weighted by Gasteiger charge is 2.48. The minimum atomic E-state index is -3.88. The molecule has 124 heavy (non-hydrogen) atoms. The number of benzene rings is 2. The summed E-state index contributed by atoms with van der Waals surface area (Å²) < 4.78 is 98.7. The van der Waals surface area contributed by atoms with Crippen molar-refractivity contribution in [1.29, 1.82) is 0 Å². The van der Waals surface area contributed by atoms with Gasteiger partial charge in [0.1, 0.15) is 49.2 Å². The Morgan fingerprint density at radius 1 is 0.597 bits per heavy atom. The number of likely N-dealkylation sites (N-methyl/N-ethyl adjacent to an activating group) is 1. The lowest BCUT2D eigenvalue weighted by molar-refractivity contribution is -0.164. The number of rotatable bonds is 66. The Bertz CT molecular complexity index is 4290. The van der Waals surface area contributed by atoms with Crippen LogP contribution in [0.4, 0.5) is 0 Å². The number of fused-ring (bicyclic) bond motifs is 1. The van der Waals surface area contributed by atoms with Crippen molar-refractivity contribution in [1.82, 2.24) is 85.1 Å². The number of nitrogens with zero attached hydrogens (tertiary/aromatic N) is 14. The molecular formula is C84H131Cl2N17O20S. The Morgan fingerprint density at radius 3 is 1.65 bits per heavy atom. The van der Waals surface area contributed by atoms with Gasteiger partial charge in [-0.05, 0) is 114 Å². The van der Waals surface area contributed by atoms with Gasteiger partial charge in [-0.15, -0.1) is 20.4 Å². The summed E-state index contributed by atoms with van der Waals surface area (Å²) in [5, 5.41) is 50.9. The summed E-state index contributed by atoms with van der Waals surface area (Å²) >= 11 is 13.0. The van der Waals surface area contributed by atoms with Crippen LogP contribution in [-0.4, -0.2) is 272 Å². The number of sulfonamides is 1. The summed E-state index contributed by atoms with van der Waals surface area (Å²) in [7, 11) is 3.46. The van der Waals surface area contributed by atoms with Crippen LogP contribution in [0.5, 0.6) is 0 Å². The molecule has 0 saturated carbocycles. The molecule has 7 atom stereocenters. The second kappa shape index (κ2) is 55.5. The molecule has 37 nitrogen and oxygen atoms in total. The van der Waals surface area contributed by atoms with Crippen molar-refractivity contribution in [2.45, 2.75) is 208 Å². The number of carbonyl (C=O) groups is 6. The molecule has 5 heterocycles. The van der Waals surface area contributed by atoms with Gasteiger partial charge < -0.3 is 77.6 Å². The normalized spacial score (nSPS) is 15.0. The van der Waals surface area contributed by atoms with Gasteiger partial charge in [0.2, 0.25) is 21.8 Å². The third kappa shape index (κ3) is 37.5. The fourth-order valence-electron chi connectivity index (χ4n) is 14.1. The van der Waals surface area contributed by atoms with Crippen LogP contribution in [0.3, 0.4) is 0 Å². The van der Waals surface area contributed by atoms with Crippen molar-refractivity contribution < 1.29 is 94.4 Å². The molecule has 0 bridgehead atoms. The largest absolute Gasteiger partial charge is 0.459 e. The van der Waals surface area contributed by atoms with E-state index in [9.17, 15) is 32.7 Å². The maximum atomic E-state index is 15.3. The van der Waals surface area contributed by atoms with Gasteiger partial charge in [-0.2, -0.15) is 0 Å². The topological polar surface area (TPSA) is 424 Å². The van der Waals surface area contributed by atoms with E-state index >= 15 is 9.59 Å². The van der Waals surface area contributed by atoms with Gasteiger partial charge in [0.15, 0.2) is 0 Å². The summed E-state index contributed by atoms with van der Waals surface area (Å²) in [6.07, 6.45) is 13.9. The lowest BCUT2D eigenvalue weighted by Crippen LogP contribution is -2.47. The van der Waals surface area contributed by atoms with Gasteiger partial charge in [-0.1, -0.05) is 129 Å². The Morgan fingerprint density at radius 2 is 1.10 bits per heavy atom. The quantitative estimate of drug-likeness (QED) is 0.0163. The first-order valence-corrected chi connectivity index (χ1v) is 45.2. The van der Waals surface area contributed by atoms with Crippen LogP contribution in [0.25, 0.3) is 0 Å². The van der Waals surface area contributed by atoms with Gasteiger partial charge in [0.05, 0.1) is 164 Å². The Hall–Kier alpha value is -8.09. The lowest BCUT2D eigenvalue weighted by atomic mass is 9.66. The maximum Gasteiger partial charge on any atom is 0.312 e. The van der Waals surface area contributed by atoms with Crippen molar-refractivity contribution in [3.05, 3.63) is 111 Å². The molecule has 0 saturated heterocycles. The van der Waals surface area contributed by atoms with Gasteiger partial charge in [-0.25, -0.2) is 22.5 Å². The van der Waals surface area contributed by atoms with Crippen LogP contribution in [0.2, 0.25) is 10.0 Å². The van der Waals surface area contributed by atoms with Crippen molar-refractivity contribution in [3.63, 3.8) is 0 Å². The smallest absolute Gasteiger partial charge is 0.312 e. The Balaban J connectivity index is 1.02. The number of carbonyl (C=O) groups excluding carboxylic acids is 6. The Labute approximate surface area is 738 Å². The standard InChI is InChI=1S/C84H131Cl2N17O20S/c1-11-13-14-15-16-17-18-19-26-100-51-68(90-94-100)57-120-78(106)62(3)44-65(79(107)121-58-69-52-101(95-91-69)28-24-87-77(105)23-27-98(7)8)45-66(80(108)122-59-70-53-102(96-92-70)29-32-115-38-41-119-43-42-117-35-34-113-10)49-84(6,61-83(5,12-2)81(109)88-50-63(4)104)82(110)123-60-71-54-103(97-93-71)30-33-116-37-40-118-39-36-114-31-25-89-124(111,112)72-22-20-21-64(46-72)74-55-99(9)56-75-73(74)47-67(85)48-76(75)86/h20-22,46-48,51-54,62-63,65-66,74,89,104H,11-19,23-45,49-50,55-61H2,1-10H3,(H,87,105)(H,88,109). The van der Waals surface area contributed by atoms with Crippen molar-refractivity contribution >= 4 is 68.9 Å². The lowest BCUT2D eigenvalue weighted by Gasteiger charge is -2.38. The maximum absolute atomic E-state index is 15.3. The van der Waals surface area contributed by atoms with Crippen LogP contribution >= 0.6 is 23.2 Å². The molecule has 0 spiro atoms. The molecule has 6 aromatic rings. The molecule has 2 amide bonds. The van der Waals surface area contributed by atoms with E-state index in [2.05, 4.69) is 68.4 Å². The minimum absolute atomic E-state index is 0.0311. The van der Waals surface area contributed by atoms with E-state index in [1.165, 1.54) is 53.1 Å². The number of halogens is 2. The number of hydrogen-bond acceptors (Lipinski definition) is 30. The number of esters is 4. The number of aryl methyl sites for hydroxylation is 1. The second-order valence-electron chi connectivity index (χ2n) is 32.2. The molecule has 7 unspecified atom stereocenters. The number of hydrogen-bond donors (Lipinski definition) is 4. The summed E-state index contributed by atoms with van der Waals surface area (Å²) in [5.41, 5.74) is 0.798. The predicted octanol–water partition coefficient (Wildman–Crippen LogP) is 7.49. The summed E-state index contributed by atoms with van der Waals surface area (Å²) in [6.45, 7) is 16.1. The van der Waals surface area contributed by atoms with E-state index in [1.54, 1.807) is 88.5 Å². The van der Waals surface area contributed by atoms with Crippen LogP contribution in [0, 0.1) is 28.6 Å². The highest BCUT2D eigenvalue weighted by atomic mass is 35.5. The highest BCUT2D eigenvalue weighted by molar-refractivity contribution is 7.89. The molecule has 7 rings (SSSR count). The van der Waals surface area contributed by atoms with Crippen molar-refractivity contribution in [2.24, 2.45) is 28.6 Å². The first-order valence-electron chi connectivity index (χ1n) is 42.9. The zero-order valence-corrected chi connectivity index (χ0v) is 76.1. The monoisotopic (exact) mass is 1800 g/mol. The van der Waals surface area contributed by atoms with Crippen LogP contribution < -0.4 is 15.4 Å². The summed E-state index contributed by atoms with van der Waals surface area (Å²) in [4.78, 5) is 90.9. The molecule has 4 aromatic heterocycles. The van der Waals surface area contributed by atoms with E-state index in [0.717, 1.165) is 36.0 Å². The zero-order chi connectivity index (χ0) is 89.7. The van der Waals surface area contributed by atoms with Crippen LogP contribution in [-0.2, 0) is 150 Å². The number of unbranched alkanes of at least 4 members (excludes halogenated alkanes) is 7. The van der Waals surface area contributed by atoms with Gasteiger partial charge >= 0.3 is 23.9 Å². The molecule has 692 valence electrons. The number of aliphatic hydroxyl groups excluding tert-OH is 1. The second-order valence-corrected chi connectivity index (χ2v) is 34.8. The average molecular weight is 1800 g/mol. The number of aromatic nitrogens is 12. The van der Waals surface area contributed by atoms with E-state index < -0.39 is 94.1 Å². The highest BCUT2D eigenvalue weighted by Crippen LogP contribution is 2.45. The van der Waals surface area contributed by atoms with Gasteiger partial charge in [-0.3, -0.25) is 38.1 Å². The van der Waals surface area contributed by atoms with E-state index in [0.29, 0.717) is 88.0 Å². The third-order valence-corrected chi connectivity index (χ3v) is 23.1. The summed E-state index contributed by atoms with van der Waals surface area (Å²) in [5.74, 6) is -7.72. The molecule has 1 aliphatic rings. The van der Waals surface area contributed by atoms with E-state index in [4.69, 9.17) is 75.3 Å². The first-order chi connectivity index (χ1) is 59.6. The number of aliphatic hydroxyl groups is 1. The molecule has 0 aliphatic carbocycles. The van der Waals surface area contributed by atoms with E-state index in [-0.39, 0.29) is 158 Å². The number of nitrogens with one attached hydrogen (secondary N) is 3. The predicted molar refractivity (Wildman–Crippen MR) is 457 cm³/mol. The average Bonchev–Trinajstić information content (AvgIpc) is 1.19. The fourth-order valence-corrected chi connectivity index (χ4v) is 15.7. The molecular weight excluding hydrogens is 1670 g/mol. The molecule has 2 aromatic carbocycles.